The molecule has 1 aromatic heterocycles. The predicted octanol–water partition coefficient (Wildman–Crippen LogP) is 2.38. The molecule has 5 heteroatoms. The van der Waals surface area contributed by atoms with E-state index in [1.807, 2.05) is 0 Å². The van der Waals surface area contributed by atoms with Gasteiger partial charge in [0.25, 0.3) is 0 Å². The lowest BCUT2D eigenvalue weighted by Crippen LogP contribution is -2.31. The van der Waals surface area contributed by atoms with Crippen LogP contribution in [0.5, 0.6) is 0 Å². The van der Waals surface area contributed by atoms with Gasteiger partial charge in [0.05, 0.1) is 25.4 Å². The summed E-state index contributed by atoms with van der Waals surface area (Å²) in [7, 11) is 1.43. The number of carbonyl (C=O) groups is 1. The zero-order valence-electron chi connectivity index (χ0n) is 12.5. The smallest absolute Gasteiger partial charge is 0.319 e. The summed E-state index contributed by atoms with van der Waals surface area (Å²) in [5.74, 6) is -0.186. The number of carbonyl (C=O) groups excluding carboxylic acids is 1. The highest BCUT2D eigenvalue weighted by molar-refractivity contribution is 5.71. The first kappa shape index (κ1) is 15.0. The summed E-state index contributed by atoms with van der Waals surface area (Å²) in [6, 6.07) is 2.64. The maximum Gasteiger partial charge on any atom is 0.319 e. The Hall–Kier alpha value is -1.36. The standard InChI is InChI=1S/C15H25N3O2/c1-3-9-17(12-15(19)20-2)11-13-8-10-18(16-13)14-6-4-5-7-14/h8,10,14H,3-7,9,11-12H2,1-2H3. The molecule has 1 saturated carbocycles. The van der Waals surface area contributed by atoms with Crippen LogP contribution in [0.2, 0.25) is 0 Å². The first-order valence-corrected chi connectivity index (χ1v) is 7.56. The zero-order chi connectivity index (χ0) is 14.4. The summed E-state index contributed by atoms with van der Waals surface area (Å²) in [4.78, 5) is 13.5. The molecule has 112 valence electrons. The van der Waals surface area contributed by atoms with E-state index in [1.54, 1.807) is 0 Å². The number of esters is 1. The number of methoxy groups -OCH3 is 1. The molecule has 1 aliphatic rings. The fourth-order valence-corrected chi connectivity index (χ4v) is 2.84. The molecule has 0 saturated heterocycles. The van der Waals surface area contributed by atoms with Crippen LogP contribution in [0.25, 0.3) is 0 Å². The molecule has 1 aromatic rings. The van der Waals surface area contributed by atoms with Gasteiger partial charge in [-0.05, 0) is 31.9 Å². The molecule has 5 nitrogen and oxygen atoms in total. The largest absolute Gasteiger partial charge is 0.468 e. The van der Waals surface area contributed by atoms with E-state index < -0.39 is 0 Å². The van der Waals surface area contributed by atoms with Gasteiger partial charge in [-0.25, -0.2) is 0 Å². The van der Waals surface area contributed by atoms with Crippen molar-refractivity contribution in [2.24, 2.45) is 0 Å². The normalized spacial score (nSPS) is 15.9. The minimum atomic E-state index is -0.186. The predicted molar refractivity (Wildman–Crippen MR) is 77.3 cm³/mol. The molecule has 0 aromatic carbocycles. The van der Waals surface area contributed by atoms with Gasteiger partial charge in [0.1, 0.15) is 0 Å². The third-order valence-electron chi connectivity index (χ3n) is 3.87. The molecule has 1 fully saturated rings. The SMILES string of the molecule is CCCN(CC(=O)OC)Cc1ccn(C2CCCC2)n1. The Kier molecular flexibility index (Phi) is 5.59. The third-order valence-corrected chi connectivity index (χ3v) is 3.87. The molecule has 0 spiro atoms. The van der Waals surface area contributed by atoms with Gasteiger partial charge in [-0.3, -0.25) is 14.4 Å². The average molecular weight is 279 g/mol. The fourth-order valence-electron chi connectivity index (χ4n) is 2.84. The number of hydrogen-bond acceptors (Lipinski definition) is 4. The number of ether oxygens (including phenoxy) is 1. The van der Waals surface area contributed by atoms with Crippen molar-refractivity contribution in [3.63, 3.8) is 0 Å². The minimum Gasteiger partial charge on any atom is -0.468 e. The Morgan fingerprint density at radius 3 is 2.90 bits per heavy atom. The van der Waals surface area contributed by atoms with E-state index in [1.165, 1.54) is 32.8 Å². The van der Waals surface area contributed by atoms with E-state index in [-0.39, 0.29) is 5.97 Å². The first-order valence-electron chi connectivity index (χ1n) is 7.56. The lowest BCUT2D eigenvalue weighted by Gasteiger charge is -2.19. The van der Waals surface area contributed by atoms with Crippen LogP contribution in [0.15, 0.2) is 12.3 Å². The summed E-state index contributed by atoms with van der Waals surface area (Å²) >= 11 is 0. The van der Waals surface area contributed by atoms with Gasteiger partial charge in [0.15, 0.2) is 0 Å². The minimum absolute atomic E-state index is 0.186. The van der Waals surface area contributed by atoms with Crippen molar-refractivity contribution in [2.75, 3.05) is 20.2 Å². The summed E-state index contributed by atoms with van der Waals surface area (Å²) in [6.45, 7) is 4.04. The second-order valence-electron chi connectivity index (χ2n) is 5.51. The molecule has 0 radical (unpaired) electrons. The molecular weight excluding hydrogens is 254 g/mol. The van der Waals surface area contributed by atoms with Crippen LogP contribution in [0.4, 0.5) is 0 Å². The molecule has 0 amide bonds. The van der Waals surface area contributed by atoms with Crippen LogP contribution >= 0.6 is 0 Å². The number of hydrogen-bond donors (Lipinski definition) is 0. The molecule has 1 heterocycles. The van der Waals surface area contributed by atoms with E-state index in [2.05, 4.69) is 33.9 Å². The van der Waals surface area contributed by atoms with Gasteiger partial charge in [-0.2, -0.15) is 5.10 Å². The lowest BCUT2D eigenvalue weighted by atomic mass is 10.3. The van der Waals surface area contributed by atoms with Crippen molar-refractivity contribution >= 4 is 5.97 Å². The van der Waals surface area contributed by atoms with E-state index in [0.717, 1.165) is 18.7 Å². The van der Waals surface area contributed by atoms with Crippen molar-refractivity contribution in [1.82, 2.24) is 14.7 Å². The van der Waals surface area contributed by atoms with Crippen LogP contribution in [0, 0.1) is 0 Å². The second kappa shape index (κ2) is 7.43. The molecule has 0 atom stereocenters. The average Bonchev–Trinajstić information content (AvgIpc) is 3.08. The van der Waals surface area contributed by atoms with E-state index >= 15 is 0 Å². The molecule has 0 bridgehead atoms. The molecule has 1 aliphatic carbocycles. The maximum atomic E-state index is 11.4. The maximum absolute atomic E-state index is 11.4. The van der Waals surface area contributed by atoms with E-state index in [4.69, 9.17) is 4.74 Å². The molecule has 20 heavy (non-hydrogen) atoms. The quantitative estimate of drug-likeness (QED) is 0.719. The van der Waals surface area contributed by atoms with Crippen molar-refractivity contribution in [3.05, 3.63) is 18.0 Å². The van der Waals surface area contributed by atoms with Crippen molar-refractivity contribution < 1.29 is 9.53 Å². The van der Waals surface area contributed by atoms with Crippen molar-refractivity contribution in [2.45, 2.75) is 51.6 Å². The van der Waals surface area contributed by atoms with Gasteiger partial charge >= 0.3 is 5.97 Å². The Labute approximate surface area is 120 Å². The Bertz CT molecular complexity index is 425. The zero-order valence-corrected chi connectivity index (χ0v) is 12.5. The lowest BCUT2D eigenvalue weighted by molar-refractivity contribution is -0.142. The van der Waals surface area contributed by atoms with Gasteiger partial charge in [-0.1, -0.05) is 19.8 Å². The van der Waals surface area contributed by atoms with Gasteiger partial charge in [-0.15, -0.1) is 0 Å². The number of rotatable bonds is 7. The molecule has 0 unspecified atom stereocenters. The van der Waals surface area contributed by atoms with Crippen molar-refractivity contribution in [3.8, 4) is 0 Å². The fraction of sp³-hybridized carbons (Fsp3) is 0.733. The molecule has 2 rings (SSSR count). The van der Waals surface area contributed by atoms with E-state index in [0.29, 0.717) is 19.1 Å². The van der Waals surface area contributed by atoms with E-state index in [9.17, 15) is 4.79 Å². The van der Waals surface area contributed by atoms with Gasteiger partial charge in [0.2, 0.25) is 0 Å². The van der Waals surface area contributed by atoms with Gasteiger partial charge < -0.3 is 4.74 Å². The second-order valence-corrected chi connectivity index (χ2v) is 5.51. The Morgan fingerprint density at radius 1 is 1.50 bits per heavy atom. The Morgan fingerprint density at radius 2 is 2.25 bits per heavy atom. The summed E-state index contributed by atoms with van der Waals surface area (Å²) < 4.78 is 6.85. The van der Waals surface area contributed by atoms with Crippen LogP contribution in [0.1, 0.15) is 50.8 Å². The number of aromatic nitrogens is 2. The van der Waals surface area contributed by atoms with Crippen LogP contribution in [-0.4, -0.2) is 40.8 Å². The Balaban J connectivity index is 1.93. The third kappa shape index (κ3) is 4.07. The monoisotopic (exact) mass is 279 g/mol. The van der Waals surface area contributed by atoms with Crippen LogP contribution in [-0.2, 0) is 16.1 Å². The highest BCUT2D eigenvalue weighted by Crippen LogP contribution is 2.28. The summed E-state index contributed by atoms with van der Waals surface area (Å²) in [5, 5.41) is 4.67. The van der Waals surface area contributed by atoms with Crippen molar-refractivity contribution in [1.29, 1.82) is 0 Å². The summed E-state index contributed by atoms with van der Waals surface area (Å²) in [6.07, 6.45) is 8.19. The summed E-state index contributed by atoms with van der Waals surface area (Å²) in [5.41, 5.74) is 1.04. The topological polar surface area (TPSA) is 47.4 Å². The molecule has 0 N–H and O–H groups in total. The highest BCUT2D eigenvalue weighted by atomic mass is 16.5. The molecular formula is C15H25N3O2. The number of nitrogens with zero attached hydrogens (tertiary/aromatic N) is 3. The van der Waals surface area contributed by atoms with Crippen LogP contribution in [0.3, 0.4) is 0 Å². The first-order chi connectivity index (χ1) is 9.72. The highest BCUT2D eigenvalue weighted by Gasteiger charge is 2.18. The van der Waals surface area contributed by atoms with Gasteiger partial charge in [0, 0.05) is 12.7 Å². The van der Waals surface area contributed by atoms with Crippen LogP contribution < -0.4 is 0 Å². The molecule has 0 aliphatic heterocycles.